The lowest BCUT2D eigenvalue weighted by atomic mass is 9.99. The van der Waals surface area contributed by atoms with Gasteiger partial charge in [-0.2, -0.15) is 4.31 Å². The smallest absolute Gasteiger partial charge is 0.308 e. The zero-order valence-electron chi connectivity index (χ0n) is 10.2. The van der Waals surface area contributed by atoms with Crippen LogP contribution in [0.25, 0.3) is 0 Å². The van der Waals surface area contributed by atoms with Crippen LogP contribution in [0.1, 0.15) is 12.7 Å². The van der Waals surface area contributed by atoms with Gasteiger partial charge in [0.2, 0.25) is 5.09 Å². The second-order valence-corrected chi connectivity index (χ2v) is 6.48. The lowest BCUT2D eigenvalue weighted by molar-refractivity contribution is -0.142. The van der Waals surface area contributed by atoms with E-state index in [2.05, 4.69) is 0 Å². The first-order valence-electron chi connectivity index (χ1n) is 5.62. The van der Waals surface area contributed by atoms with E-state index in [1.54, 1.807) is 19.9 Å². The van der Waals surface area contributed by atoms with E-state index < -0.39 is 21.9 Å². The molecule has 1 aromatic heterocycles. The van der Waals surface area contributed by atoms with Gasteiger partial charge in [0.15, 0.2) is 0 Å². The van der Waals surface area contributed by atoms with Gasteiger partial charge in [0.1, 0.15) is 5.76 Å². The second-order valence-electron chi connectivity index (χ2n) is 4.61. The Morgan fingerprint density at radius 3 is 2.56 bits per heavy atom. The zero-order valence-corrected chi connectivity index (χ0v) is 11.0. The fraction of sp³-hybridized carbons (Fsp3) is 0.545. The minimum absolute atomic E-state index is 0.00141. The van der Waals surface area contributed by atoms with Gasteiger partial charge in [-0.3, -0.25) is 4.79 Å². The van der Waals surface area contributed by atoms with E-state index in [-0.39, 0.29) is 24.1 Å². The van der Waals surface area contributed by atoms with Crippen molar-refractivity contribution in [2.24, 2.45) is 11.8 Å². The van der Waals surface area contributed by atoms with Crippen molar-refractivity contribution < 1.29 is 22.7 Å². The summed E-state index contributed by atoms with van der Waals surface area (Å²) < 4.78 is 30.7. The fourth-order valence-corrected chi connectivity index (χ4v) is 3.64. The molecule has 18 heavy (non-hydrogen) atoms. The normalized spacial score (nSPS) is 25.4. The number of aliphatic carboxylic acids is 1. The minimum atomic E-state index is -3.71. The molecule has 1 saturated heterocycles. The number of sulfonamides is 1. The van der Waals surface area contributed by atoms with Gasteiger partial charge in [-0.25, -0.2) is 8.42 Å². The number of furan rings is 1. The van der Waals surface area contributed by atoms with E-state index in [4.69, 9.17) is 9.52 Å². The van der Waals surface area contributed by atoms with Crippen molar-refractivity contribution in [3.8, 4) is 0 Å². The number of hydrogen-bond donors (Lipinski definition) is 1. The van der Waals surface area contributed by atoms with Crippen molar-refractivity contribution in [2.45, 2.75) is 18.9 Å². The summed E-state index contributed by atoms with van der Waals surface area (Å²) in [5, 5.41) is 8.87. The van der Waals surface area contributed by atoms with Crippen LogP contribution >= 0.6 is 0 Å². The van der Waals surface area contributed by atoms with Crippen LogP contribution in [-0.4, -0.2) is 36.9 Å². The third-order valence-corrected chi connectivity index (χ3v) is 4.91. The van der Waals surface area contributed by atoms with E-state index in [9.17, 15) is 13.2 Å². The number of rotatable bonds is 3. The molecule has 6 nitrogen and oxygen atoms in total. The Kier molecular flexibility index (Phi) is 3.20. The summed E-state index contributed by atoms with van der Waals surface area (Å²) in [6, 6.07) is 2.96. The van der Waals surface area contributed by atoms with E-state index in [0.29, 0.717) is 5.76 Å². The van der Waals surface area contributed by atoms with E-state index in [0.717, 1.165) is 0 Å². The van der Waals surface area contributed by atoms with Gasteiger partial charge in [-0.05, 0) is 25.0 Å². The monoisotopic (exact) mass is 273 g/mol. The maximum Gasteiger partial charge on any atom is 0.308 e. The van der Waals surface area contributed by atoms with Crippen molar-refractivity contribution in [1.29, 1.82) is 0 Å². The third-order valence-electron chi connectivity index (χ3n) is 3.21. The molecule has 0 saturated carbocycles. The Labute approximate surface area is 105 Å². The van der Waals surface area contributed by atoms with Gasteiger partial charge >= 0.3 is 5.97 Å². The molecule has 2 rings (SSSR count). The van der Waals surface area contributed by atoms with Crippen LogP contribution in [0, 0.1) is 18.8 Å². The van der Waals surface area contributed by atoms with Crippen LogP contribution in [-0.2, 0) is 14.8 Å². The maximum absolute atomic E-state index is 12.2. The van der Waals surface area contributed by atoms with Crippen molar-refractivity contribution in [1.82, 2.24) is 4.31 Å². The van der Waals surface area contributed by atoms with Gasteiger partial charge in [0, 0.05) is 13.1 Å². The predicted octanol–water partition coefficient (Wildman–Crippen LogP) is 0.929. The standard InChI is InChI=1S/C11H15NO5S/c1-7-5-12(6-9(7)11(13)14)18(15,16)10-4-3-8(2)17-10/h3-4,7,9H,5-6H2,1-2H3,(H,13,14)/t7-,9-/m1/s1. The largest absolute Gasteiger partial charge is 0.481 e. The highest BCUT2D eigenvalue weighted by Gasteiger charge is 2.41. The number of carboxylic acid groups (broad SMARTS) is 1. The van der Waals surface area contributed by atoms with Crippen molar-refractivity contribution in [3.63, 3.8) is 0 Å². The Morgan fingerprint density at radius 1 is 1.44 bits per heavy atom. The summed E-state index contributed by atoms with van der Waals surface area (Å²) in [4.78, 5) is 11.0. The van der Waals surface area contributed by atoms with E-state index in [1.165, 1.54) is 10.4 Å². The summed E-state index contributed by atoms with van der Waals surface area (Å²) in [6.45, 7) is 3.60. The molecule has 1 aromatic rings. The molecule has 1 fully saturated rings. The Bertz CT molecular complexity index is 562. The van der Waals surface area contributed by atoms with Crippen molar-refractivity contribution in [3.05, 3.63) is 17.9 Å². The first-order valence-corrected chi connectivity index (χ1v) is 7.06. The van der Waals surface area contributed by atoms with Gasteiger partial charge in [-0.1, -0.05) is 6.92 Å². The van der Waals surface area contributed by atoms with E-state index >= 15 is 0 Å². The lowest BCUT2D eigenvalue weighted by Gasteiger charge is -2.13. The van der Waals surface area contributed by atoms with Crippen LogP contribution < -0.4 is 0 Å². The molecule has 7 heteroatoms. The lowest BCUT2D eigenvalue weighted by Crippen LogP contribution is -2.29. The number of nitrogens with zero attached hydrogens (tertiary/aromatic N) is 1. The Balaban J connectivity index is 2.26. The predicted molar refractivity (Wildman–Crippen MR) is 62.5 cm³/mol. The highest BCUT2D eigenvalue weighted by molar-refractivity contribution is 7.89. The molecule has 2 atom stereocenters. The Morgan fingerprint density at radius 2 is 2.11 bits per heavy atom. The van der Waals surface area contributed by atoms with Crippen LogP contribution in [0.15, 0.2) is 21.6 Å². The first-order chi connectivity index (χ1) is 8.32. The number of aryl methyl sites for hydroxylation is 1. The fourth-order valence-electron chi connectivity index (χ4n) is 2.12. The molecular formula is C11H15NO5S. The Hall–Kier alpha value is -1.34. The molecular weight excluding hydrogens is 258 g/mol. The topological polar surface area (TPSA) is 87.8 Å². The molecule has 2 heterocycles. The van der Waals surface area contributed by atoms with Gasteiger partial charge in [-0.15, -0.1) is 0 Å². The first kappa shape index (κ1) is 13.1. The van der Waals surface area contributed by atoms with Crippen LogP contribution in [0.5, 0.6) is 0 Å². The van der Waals surface area contributed by atoms with Crippen molar-refractivity contribution >= 4 is 16.0 Å². The van der Waals surface area contributed by atoms with Crippen LogP contribution in [0.2, 0.25) is 0 Å². The molecule has 0 unspecified atom stereocenters. The molecule has 0 aliphatic carbocycles. The average molecular weight is 273 g/mol. The molecule has 0 aromatic carbocycles. The molecule has 0 radical (unpaired) electrons. The molecule has 100 valence electrons. The molecule has 1 aliphatic rings. The van der Waals surface area contributed by atoms with Crippen molar-refractivity contribution in [2.75, 3.05) is 13.1 Å². The summed E-state index contributed by atoms with van der Waals surface area (Å²) >= 11 is 0. The van der Waals surface area contributed by atoms with Crippen LogP contribution in [0.3, 0.4) is 0 Å². The molecule has 1 aliphatic heterocycles. The summed E-state index contributed by atoms with van der Waals surface area (Å²) in [6.07, 6.45) is 0. The van der Waals surface area contributed by atoms with Gasteiger partial charge in [0.05, 0.1) is 5.92 Å². The average Bonchev–Trinajstić information content (AvgIpc) is 2.84. The molecule has 0 amide bonds. The quantitative estimate of drug-likeness (QED) is 0.885. The summed E-state index contributed by atoms with van der Waals surface area (Å²) in [5.41, 5.74) is 0. The van der Waals surface area contributed by atoms with Gasteiger partial charge < -0.3 is 9.52 Å². The second kappa shape index (κ2) is 4.40. The number of carboxylic acids is 1. The summed E-state index contributed by atoms with van der Waals surface area (Å²) in [7, 11) is -3.71. The third kappa shape index (κ3) is 2.15. The highest BCUT2D eigenvalue weighted by Crippen LogP contribution is 2.29. The highest BCUT2D eigenvalue weighted by atomic mass is 32.2. The van der Waals surface area contributed by atoms with Gasteiger partial charge in [0.25, 0.3) is 10.0 Å². The molecule has 0 spiro atoms. The molecule has 1 N–H and O–H groups in total. The molecule has 0 bridgehead atoms. The maximum atomic E-state index is 12.2. The summed E-state index contributed by atoms with van der Waals surface area (Å²) in [5.74, 6) is -1.31. The number of carbonyl (C=O) groups is 1. The van der Waals surface area contributed by atoms with E-state index in [1.807, 2.05) is 0 Å². The number of hydrogen-bond acceptors (Lipinski definition) is 4. The zero-order chi connectivity index (χ0) is 13.5. The SMILES string of the molecule is Cc1ccc(S(=O)(=O)N2C[C@@H](C)[C@H](C(=O)O)C2)o1. The van der Waals surface area contributed by atoms with Crippen LogP contribution in [0.4, 0.5) is 0 Å². The minimum Gasteiger partial charge on any atom is -0.481 e.